The molecule has 0 bridgehead atoms. The maximum atomic E-state index is 12.4. The van der Waals surface area contributed by atoms with Gasteiger partial charge in [0.05, 0.1) is 16.8 Å². The number of likely N-dealkylation sites (tertiary alicyclic amines) is 1. The molecule has 1 unspecified atom stereocenters. The van der Waals surface area contributed by atoms with Crippen molar-refractivity contribution in [2.75, 3.05) is 24.1 Å². The number of nitrogens with two attached hydrogens (primary N) is 1. The van der Waals surface area contributed by atoms with Crippen LogP contribution >= 0.6 is 11.6 Å². The van der Waals surface area contributed by atoms with Crippen molar-refractivity contribution in [3.8, 4) is 0 Å². The quantitative estimate of drug-likeness (QED) is 0.842. The Morgan fingerprint density at radius 1 is 1.48 bits per heavy atom. The number of nitrogens with zero attached hydrogens (tertiary/aromatic N) is 1. The van der Waals surface area contributed by atoms with E-state index < -0.39 is 0 Å². The molecule has 1 fully saturated rings. The third-order valence-corrected chi connectivity index (χ3v) is 4.46. The SMILES string of the molecule is CC(C(=O)Nc1ccc(Cl)c(N)c1)N1CCCC(C)(C)C1. The monoisotopic (exact) mass is 309 g/mol. The second kappa shape index (κ2) is 6.24. The predicted octanol–water partition coefficient (Wildman–Crippen LogP) is 3.37. The van der Waals surface area contributed by atoms with E-state index in [-0.39, 0.29) is 17.4 Å². The van der Waals surface area contributed by atoms with Crippen molar-refractivity contribution in [1.29, 1.82) is 0 Å². The lowest BCUT2D eigenvalue weighted by molar-refractivity contribution is -0.121. The van der Waals surface area contributed by atoms with Gasteiger partial charge in [0.1, 0.15) is 0 Å². The minimum atomic E-state index is -0.151. The Bertz CT molecular complexity index is 530. The van der Waals surface area contributed by atoms with Crippen LogP contribution in [-0.2, 0) is 4.79 Å². The Hall–Kier alpha value is -1.26. The zero-order chi connectivity index (χ0) is 15.6. The Balaban J connectivity index is 2.00. The van der Waals surface area contributed by atoms with Crippen LogP contribution < -0.4 is 11.1 Å². The lowest BCUT2D eigenvalue weighted by atomic mass is 9.83. The number of anilines is 2. The number of rotatable bonds is 3. The summed E-state index contributed by atoms with van der Waals surface area (Å²) in [6, 6.07) is 5.00. The number of benzene rings is 1. The standard InChI is InChI=1S/C16H24ClN3O/c1-11(20-8-4-7-16(2,3)10-20)15(21)19-12-5-6-13(17)14(18)9-12/h5-6,9,11H,4,7-8,10,18H2,1-3H3,(H,19,21). The smallest absolute Gasteiger partial charge is 0.241 e. The minimum Gasteiger partial charge on any atom is -0.397 e. The molecular formula is C16H24ClN3O. The van der Waals surface area contributed by atoms with E-state index in [0.29, 0.717) is 16.4 Å². The van der Waals surface area contributed by atoms with Gasteiger partial charge in [-0.3, -0.25) is 9.69 Å². The van der Waals surface area contributed by atoms with Crippen molar-refractivity contribution >= 4 is 28.9 Å². The molecule has 1 aliphatic rings. The molecule has 1 aromatic rings. The van der Waals surface area contributed by atoms with E-state index in [4.69, 9.17) is 17.3 Å². The van der Waals surface area contributed by atoms with Gasteiger partial charge in [0, 0.05) is 12.2 Å². The lowest BCUT2D eigenvalue weighted by Gasteiger charge is -2.40. The number of hydrogen-bond donors (Lipinski definition) is 2. The zero-order valence-corrected chi connectivity index (χ0v) is 13.7. The molecule has 21 heavy (non-hydrogen) atoms. The third-order valence-electron chi connectivity index (χ3n) is 4.12. The molecule has 2 rings (SSSR count). The summed E-state index contributed by atoms with van der Waals surface area (Å²) in [7, 11) is 0. The molecule has 1 atom stereocenters. The fourth-order valence-corrected chi connectivity index (χ4v) is 2.95. The van der Waals surface area contributed by atoms with Crippen molar-refractivity contribution in [3.63, 3.8) is 0 Å². The maximum Gasteiger partial charge on any atom is 0.241 e. The summed E-state index contributed by atoms with van der Waals surface area (Å²) in [5.41, 5.74) is 7.19. The van der Waals surface area contributed by atoms with Crippen molar-refractivity contribution < 1.29 is 4.79 Å². The second-order valence-corrected chi connectivity index (χ2v) is 7.05. The van der Waals surface area contributed by atoms with Crippen LogP contribution in [0, 0.1) is 5.41 Å². The number of halogens is 1. The predicted molar refractivity (Wildman–Crippen MR) is 88.5 cm³/mol. The molecule has 5 heteroatoms. The fourth-order valence-electron chi connectivity index (χ4n) is 2.83. The number of hydrogen-bond acceptors (Lipinski definition) is 3. The van der Waals surface area contributed by atoms with E-state index in [1.807, 2.05) is 6.92 Å². The van der Waals surface area contributed by atoms with Gasteiger partial charge < -0.3 is 11.1 Å². The first-order valence-electron chi connectivity index (χ1n) is 7.38. The molecule has 116 valence electrons. The Kier molecular flexibility index (Phi) is 4.79. The highest BCUT2D eigenvalue weighted by molar-refractivity contribution is 6.33. The summed E-state index contributed by atoms with van der Waals surface area (Å²) >= 11 is 5.89. The molecular weight excluding hydrogens is 286 g/mol. The first-order valence-corrected chi connectivity index (χ1v) is 7.76. The number of carbonyl (C=O) groups excluding carboxylic acids is 1. The minimum absolute atomic E-state index is 0.00516. The van der Waals surface area contributed by atoms with Crippen LogP contribution in [0.1, 0.15) is 33.6 Å². The molecule has 1 aliphatic heterocycles. The van der Waals surface area contributed by atoms with Gasteiger partial charge in [0.15, 0.2) is 0 Å². The highest BCUT2D eigenvalue weighted by atomic mass is 35.5. The first kappa shape index (κ1) is 16.1. The van der Waals surface area contributed by atoms with Crippen LogP contribution in [0.4, 0.5) is 11.4 Å². The van der Waals surface area contributed by atoms with E-state index in [0.717, 1.165) is 19.5 Å². The van der Waals surface area contributed by atoms with E-state index in [1.54, 1.807) is 18.2 Å². The number of nitrogen functional groups attached to an aromatic ring is 1. The maximum absolute atomic E-state index is 12.4. The van der Waals surface area contributed by atoms with E-state index in [9.17, 15) is 4.79 Å². The molecule has 0 spiro atoms. The van der Waals surface area contributed by atoms with Crippen LogP contribution in [0.2, 0.25) is 5.02 Å². The Morgan fingerprint density at radius 2 is 2.19 bits per heavy atom. The number of nitrogens with one attached hydrogen (secondary N) is 1. The summed E-state index contributed by atoms with van der Waals surface area (Å²) in [4.78, 5) is 14.6. The van der Waals surface area contributed by atoms with Crippen LogP contribution in [0.15, 0.2) is 18.2 Å². The van der Waals surface area contributed by atoms with E-state index >= 15 is 0 Å². The van der Waals surface area contributed by atoms with Gasteiger partial charge in [-0.05, 0) is 49.9 Å². The first-order chi connectivity index (χ1) is 9.78. The molecule has 0 aromatic heterocycles. The summed E-state index contributed by atoms with van der Waals surface area (Å²) in [5.74, 6) is -0.00516. The van der Waals surface area contributed by atoms with Crippen LogP contribution in [0.25, 0.3) is 0 Å². The van der Waals surface area contributed by atoms with Crippen molar-refractivity contribution in [3.05, 3.63) is 23.2 Å². The molecule has 0 saturated carbocycles. The average Bonchev–Trinajstić information content (AvgIpc) is 2.41. The van der Waals surface area contributed by atoms with Gasteiger partial charge in [-0.1, -0.05) is 25.4 Å². The van der Waals surface area contributed by atoms with Gasteiger partial charge >= 0.3 is 0 Å². The summed E-state index contributed by atoms with van der Waals surface area (Å²) < 4.78 is 0. The van der Waals surface area contributed by atoms with Crippen LogP contribution in [-0.4, -0.2) is 29.9 Å². The molecule has 0 aliphatic carbocycles. The number of amides is 1. The third kappa shape index (κ3) is 4.11. The normalized spacial score (nSPS) is 20.0. The molecule has 1 heterocycles. The summed E-state index contributed by atoms with van der Waals surface area (Å²) in [6.45, 7) is 8.38. The number of carbonyl (C=O) groups is 1. The molecule has 3 N–H and O–H groups in total. The van der Waals surface area contributed by atoms with Gasteiger partial charge in [-0.15, -0.1) is 0 Å². The van der Waals surface area contributed by atoms with E-state index in [2.05, 4.69) is 24.1 Å². The summed E-state index contributed by atoms with van der Waals surface area (Å²) in [6.07, 6.45) is 2.35. The highest BCUT2D eigenvalue weighted by Gasteiger charge is 2.31. The Labute approximate surface area is 131 Å². The van der Waals surface area contributed by atoms with Crippen LogP contribution in [0.3, 0.4) is 0 Å². The molecule has 1 saturated heterocycles. The van der Waals surface area contributed by atoms with Gasteiger partial charge in [0.2, 0.25) is 5.91 Å². The second-order valence-electron chi connectivity index (χ2n) is 6.64. The molecule has 1 amide bonds. The lowest BCUT2D eigenvalue weighted by Crippen LogP contribution is -2.49. The average molecular weight is 310 g/mol. The van der Waals surface area contributed by atoms with Gasteiger partial charge in [-0.25, -0.2) is 0 Å². The van der Waals surface area contributed by atoms with Gasteiger partial charge in [-0.2, -0.15) is 0 Å². The Morgan fingerprint density at radius 3 is 2.81 bits per heavy atom. The fraction of sp³-hybridized carbons (Fsp3) is 0.562. The van der Waals surface area contributed by atoms with Crippen molar-refractivity contribution in [2.45, 2.75) is 39.7 Å². The largest absolute Gasteiger partial charge is 0.397 e. The number of piperidine rings is 1. The van der Waals surface area contributed by atoms with Crippen molar-refractivity contribution in [2.24, 2.45) is 5.41 Å². The molecule has 1 aromatic carbocycles. The van der Waals surface area contributed by atoms with Crippen LogP contribution in [0.5, 0.6) is 0 Å². The summed E-state index contributed by atoms with van der Waals surface area (Å²) in [5, 5.41) is 3.41. The topological polar surface area (TPSA) is 58.4 Å². The van der Waals surface area contributed by atoms with Gasteiger partial charge in [0.25, 0.3) is 0 Å². The van der Waals surface area contributed by atoms with Crippen molar-refractivity contribution in [1.82, 2.24) is 4.90 Å². The zero-order valence-electron chi connectivity index (χ0n) is 12.9. The molecule has 4 nitrogen and oxygen atoms in total. The van der Waals surface area contributed by atoms with E-state index in [1.165, 1.54) is 6.42 Å². The molecule has 0 radical (unpaired) electrons. The highest BCUT2D eigenvalue weighted by Crippen LogP contribution is 2.29.